The van der Waals surface area contributed by atoms with Crippen molar-refractivity contribution in [2.45, 2.75) is 17.9 Å². The van der Waals surface area contributed by atoms with Crippen molar-refractivity contribution in [3.05, 3.63) is 54.1 Å². The number of hydrogen-bond acceptors (Lipinski definition) is 5. The molecule has 2 aromatic rings. The number of rotatable bonds is 4. The molecule has 0 aliphatic carbocycles. The summed E-state index contributed by atoms with van der Waals surface area (Å²) in [6.07, 6.45) is 0. The Bertz CT molecular complexity index is 1030. The van der Waals surface area contributed by atoms with E-state index in [9.17, 15) is 18.0 Å². The van der Waals surface area contributed by atoms with E-state index < -0.39 is 28.0 Å². The Morgan fingerprint density at radius 3 is 2.26 bits per heavy atom. The summed E-state index contributed by atoms with van der Waals surface area (Å²) in [6.45, 7) is 1.56. The van der Waals surface area contributed by atoms with Crippen molar-refractivity contribution in [1.29, 1.82) is 0 Å². The highest BCUT2D eigenvalue weighted by Crippen LogP contribution is 2.22. The molecule has 0 saturated heterocycles. The van der Waals surface area contributed by atoms with Gasteiger partial charge in [0.15, 0.2) is 0 Å². The Hall–Kier alpha value is -3.40. The van der Waals surface area contributed by atoms with Crippen molar-refractivity contribution in [3.8, 4) is 0 Å². The van der Waals surface area contributed by atoms with Crippen LogP contribution in [-0.2, 0) is 14.8 Å². The lowest BCUT2D eigenvalue weighted by Gasteiger charge is -2.10. The number of primary amides is 1. The standard InChI is InChI=1S/C17H17N5O4S/c1-10(16(23)20-11-6-8-12(9-7-11)21-17(18)24)19-15-13-4-2-3-5-14(13)27(25,26)22-15/h2-10H,1H3,(H,19,22)(H,20,23)(H3,18,21,24)/t10-/m0/s1. The number of amidine groups is 1. The van der Waals surface area contributed by atoms with Crippen molar-refractivity contribution >= 4 is 39.2 Å². The molecule has 9 nitrogen and oxygen atoms in total. The zero-order valence-electron chi connectivity index (χ0n) is 14.3. The van der Waals surface area contributed by atoms with Crippen LogP contribution in [0.1, 0.15) is 12.5 Å². The molecule has 0 saturated carbocycles. The molecule has 1 atom stereocenters. The van der Waals surface area contributed by atoms with Crippen LogP contribution in [0.2, 0.25) is 0 Å². The van der Waals surface area contributed by atoms with Gasteiger partial charge >= 0.3 is 6.03 Å². The molecule has 140 valence electrons. The van der Waals surface area contributed by atoms with Crippen LogP contribution in [0.4, 0.5) is 16.2 Å². The van der Waals surface area contributed by atoms with E-state index in [4.69, 9.17) is 5.73 Å². The third kappa shape index (κ3) is 4.06. The number of benzene rings is 2. The smallest absolute Gasteiger partial charge is 0.316 e. The summed E-state index contributed by atoms with van der Waals surface area (Å²) >= 11 is 0. The SMILES string of the molecule is C[C@H](N=C1NS(=O)(=O)c2ccccc21)C(=O)Nc1ccc(NC(N)=O)cc1. The van der Waals surface area contributed by atoms with Crippen molar-refractivity contribution < 1.29 is 18.0 Å². The number of nitrogens with two attached hydrogens (primary N) is 1. The van der Waals surface area contributed by atoms with E-state index >= 15 is 0 Å². The molecule has 0 fully saturated rings. The van der Waals surface area contributed by atoms with Crippen LogP contribution in [0.15, 0.2) is 58.4 Å². The predicted octanol–water partition coefficient (Wildman–Crippen LogP) is 1.24. The van der Waals surface area contributed by atoms with Crippen LogP contribution < -0.4 is 21.1 Å². The molecule has 0 unspecified atom stereocenters. The van der Waals surface area contributed by atoms with Gasteiger partial charge < -0.3 is 16.4 Å². The van der Waals surface area contributed by atoms with Gasteiger partial charge in [0.2, 0.25) is 5.91 Å². The first kappa shape index (κ1) is 18.4. The molecular formula is C17H17N5O4S. The van der Waals surface area contributed by atoms with E-state index in [1.807, 2.05) is 0 Å². The molecule has 0 aromatic heterocycles. The summed E-state index contributed by atoms with van der Waals surface area (Å²) in [7, 11) is -3.66. The van der Waals surface area contributed by atoms with E-state index in [0.717, 1.165) is 0 Å². The number of urea groups is 1. The fraction of sp³-hybridized carbons (Fsp3) is 0.118. The predicted molar refractivity (Wildman–Crippen MR) is 101 cm³/mol. The number of anilines is 2. The van der Waals surface area contributed by atoms with Crippen molar-refractivity contribution in [2.75, 3.05) is 10.6 Å². The maximum Gasteiger partial charge on any atom is 0.316 e. The lowest BCUT2D eigenvalue weighted by molar-refractivity contribution is -0.117. The molecule has 5 N–H and O–H groups in total. The molecule has 0 bridgehead atoms. The van der Waals surface area contributed by atoms with Gasteiger partial charge in [-0.05, 0) is 43.3 Å². The average Bonchev–Trinajstić information content (AvgIpc) is 2.87. The van der Waals surface area contributed by atoms with Crippen LogP contribution in [-0.4, -0.2) is 32.2 Å². The van der Waals surface area contributed by atoms with Gasteiger partial charge in [-0.3, -0.25) is 14.5 Å². The number of sulfonamides is 1. The van der Waals surface area contributed by atoms with Gasteiger partial charge in [-0.2, -0.15) is 0 Å². The minimum atomic E-state index is -3.66. The maximum atomic E-state index is 12.4. The molecule has 3 rings (SSSR count). The van der Waals surface area contributed by atoms with Gasteiger partial charge in [-0.1, -0.05) is 12.1 Å². The van der Waals surface area contributed by atoms with Crippen molar-refractivity contribution in [2.24, 2.45) is 10.7 Å². The highest BCUT2D eigenvalue weighted by Gasteiger charge is 2.31. The molecule has 1 aliphatic rings. The fourth-order valence-corrected chi connectivity index (χ4v) is 3.75. The first-order valence-electron chi connectivity index (χ1n) is 7.94. The number of nitrogens with zero attached hydrogens (tertiary/aromatic N) is 1. The number of carbonyl (C=O) groups excluding carboxylic acids is 2. The quantitative estimate of drug-likeness (QED) is 0.626. The first-order valence-corrected chi connectivity index (χ1v) is 9.42. The highest BCUT2D eigenvalue weighted by atomic mass is 32.2. The lowest BCUT2D eigenvalue weighted by atomic mass is 10.2. The minimum absolute atomic E-state index is 0.133. The number of nitrogens with one attached hydrogen (secondary N) is 3. The summed E-state index contributed by atoms with van der Waals surface area (Å²) in [4.78, 5) is 27.5. The minimum Gasteiger partial charge on any atom is -0.351 e. The Morgan fingerprint density at radius 1 is 1.04 bits per heavy atom. The molecule has 1 heterocycles. The second kappa shape index (κ2) is 7.08. The van der Waals surface area contributed by atoms with E-state index in [0.29, 0.717) is 16.9 Å². The summed E-state index contributed by atoms with van der Waals surface area (Å²) in [5.74, 6) is -0.282. The summed E-state index contributed by atoms with van der Waals surface area (Å²) < 4.78 is 26.5. The Balaban J connectivity index is 1.73. The van der Waals surface area contributed by atoms with E-state index in [1.54, 1.807) is 49.4 Å². The molecule has 2 aromatic carbocycles. The van der Waals surface area contributed by atoms with Gasteiger partial charge in [0, 0.05) is 16.9 Å². The van der Waals surface area contributed by atoms with Gasteiger partial charge in [-0.15, -0.1) is 0 Å². The van der Waals surface area contributed by atoms with Gasteiger partial charge in [0.05, 0.1) is 4.90 Å². The van der Waals surface area contributed by atoms with E-state index in [2.05, 4.69) is 20.3 Å². The topological polar surface area (TPSA) is 143 Å². The van der Waals surface area contributed by atoms with Crippen molar-refractivity contribution in [1.82, 2.24) is 4.72 Å². The largest absolute Gasteiger partial charge is 0.351 e. The third-order valence-corrected chi connectivity index (χ3v) is 5.18. The number of hydrogen-bond donors (Lipinski definition) is 4. The van der Waals surface area contributed by atoms with Crippen molar-refractivity contribution in [3.63, 3.8) is 0 Å². The third-order valence-electron chi connectivity index (χ3n) is 3.78. The highest BCUT2D eigenvalue weighted by molar-refractivity contribution is 7.90. The molecule has 0 spiro atoms. The number of fused-ring (bicyclic) bond motifs is 1. The zero-order valence-corrected chi connectivity index (χ0v) is 15.1. The number of amides is 3. The van der Waals surface area contributed by atoms with Crippen LogP contribution in [0.3, 0.4) is 0 Å². The molecule has 0 radical (unpaired) electrons. The Labute approximate surface area is 155 Å². The van der Waals surface area contributed by atoms with Crippen LogP contribution in [0.5, 0.6) is 0 Å². The summed E-state index contributed by atoms with van der Waals surface area (Å²) in [6, 6.07) is 11.3. The normalized spacial score (nSPS) is 16.9. The van der Waals surface area contributed by atoms with E-state index in [1.165, 1.54) is 6.07 Å². The first-order chi connectivity index (χ1) is 12.8. The molecule has 1 aliphatic heterocycles. The molecule has 3 amide bonds. The van der Waals surface area contributed by atoms with Crippen LogP contribution in [0.25, 0.3) is 0 Å². The molecule has 27 heavy (non-hydrogen) atoms. The molecular weight excluding hydrogens is 370 g/mol. The van der Waals surface area contributed by atoms with E-state index in [-0.39, 0.29) is 10.7 Å². The van der Waals surface area contributed by atoms with Gasteiger partial charge in [0.25, 0.3) is 10.0 Å². The van der Waals surface area contributed by atoms with Crippen LogP contribution >= 0.6 is 0 Å². The lowest BCUT2D eigenvalue weighted by Crippen LogP contribution is -2.28. The number of aliphatic imine (C=N–C) groups is 1. The summed E-state index contributed by atoms with van der Waals surface area (Å²) in [5, 5.41) is 5.09. The van der Waals surface area contributed by atoms with Gasteiger partial charge in [-0.25, -0.2) is 13.2 Å². The maximum absolute atomic E-state index is 12.4. The Kier molecular flexibility index (Phi) is 4.82. The molecule has 10 heteroatoms. The van der Waals surface area contributed by atoms with Crippen LogP contribution in [0, 0.1) is 0 Å². The monoisotopic (exact) mass is 387 g/mol. The summed E-state index contributed by atoms with van der Waals surface area (Å²) in [5.41, 5.74) is 6.45. The van der Waals surface area contributed by atoms with Gasteiger partial charge in [0.1, 0.15) is 11.9 Å². The fourth-order valence-electron chi connectivity index (χ4n) is 2.51. The second-order valence-electron chi connectivity index (χ2n) is 5.81. The Morgan fingerprint density at radius 2 is 1.63 bits per heavy atom. The second-order valence-corrected chi connectivity index (χ2v) is 7.46. The number of carbonyl (C=O) groups is 2. The zero-order chi connectivity index (χ0) is 19.6. The average molecular weight is 387 g/mol.